The van der Waals surface area contributed by atoms with Gasteiger partial charge in [0, 0.05) is 12.2 Å². The van der Waals surface area contributed by atoms with Crippen LogP contribution in [0.1, 0.15) is 6.92 Å². The summed E-state index contributed by atoms with van der Waals surface area (Å²) in [6, 6.07) is 0. The first-order valence-corrected chi connectivity index (χ1v) is 3.23. The van der Waals surface area contributed by atoms with E-state index < -0.39 is 11.9 Å². The van der Waals surface area contributed by atoms with Crippen LogP contribution in [0.2, 0.25) is 0 Å². The van der Waals surface area contributed by atoms with Gasteiger partial charge in [0.05, 0.1) is 6.61 Å². The van der Waals surface area contributed by atoms with Gasteiger partial charge in [-0.2, -0.15) is 0 Å². The van der Waals surface area contributed by atoms with Crippen LogP contribution >= 0.6 is 0 Å². The molecule has 0 aromatic rings. The van der Waals surface area contributed by atoms with Crippen molar-refractivity contribution >= 4 is 18.4 Å². The van der Waals surface area contributed by atoms with Gasteiger partial charge in [-0.3, -0.25) is 4.79 Å². The van der Waals surface area contributed by atoms with Crippen LogP contribution in [0.3, 0.4) is 0 Å². The normalized spacial score (nSPS) is 8.38. The van der Waals surface area contributed by atoms with E-state index in [1.165, 1.54) is 0 Å². The summed E-state index contributed by atoms with van der Waals surface area (Å²) in [7, 11) is 0. The van der Waals surface area contributed by atoms with Crippen LogP contribution < -0.4 is 0 Å². The Kier molecular flexibility index (Phi) is 10.7. The second kappa shape index (κ2) is 10.2. The molecule has 0 fully saturated rings. The summed E-state index contributed by atoms with van der Waals surface area (Å²) in [6.45, 7) is 2.66. The van der Waals surface area contributed by atoms with Crippen LogP contribution in [0.5, 0.6) is 0 Å². The molecule has 6 heteroatoms. The van der Waals surface area contributed by atoms with E-state index in [0.717, 1.165) is 0 Å². The van der Waals surface area contributed by atoms with Crippen LogP contribution in [0.15, 0.2) is 12.2 Å². The Balaban J connectivity index is 0. The van der Waals surface area contributed by atoms with Gasteiger partial charge in [0.2, 0.25) is 0 Å². The molecule has 0 saturated carbocycles. The minimum absolute atomic E-state index is 0.431. The second-order valence-electron chi connectivity index (χ2n) is 1.56. The van der Waals surface area contributed by atoms with Gasteiger partial charge in [-0.15, -0.1) is 0 Å². The molecule has 0 spiro atoms. The molecule has 13 heavy (non-hydrogen) atoms. The first kappa shape index (κ1) is 13.7. The number of carboxylic acid groups (broad SMARTS) is 2. The van der Waals surface area contributed by atoms with Crippen LogP contribution in [0.4, 0.5) is 0 Å². The number of carbonyl (C=O) groups excluding carboxylic acids is 1. The monoisotopic (exact) mass is 190 g/mol. The summed E-state index contributed by atoms with van der Waals surface area (Å²) in [5.74, 6) is -2.51. The fraction of sp³-hybridized carbons (Fsp3) is 0.286. The van der Waals surface area contributed by atoms with Crippen molar-refractivity contribution < 1.29 is 29.3 Å². The second-order valence-corrected chi connectivity index (χ2v) is 1.56. The molecule has 6 nitrogen and oxygen atoms in total. The van der Waals surface area contributed by atoms with Crippen LogP contribution in [-0.4, -0.2) is 35.2 Å². The third-order valence-corrected chi connectivity index (χ3v) is 0.603. The molecule has 0 saturated heterocycles. The molecule has 0 bridgehead atoms. The predicted molar refractivity (Wildman–Crippen MR) is 42.1 cm³/mol. The Hall–Kier alpha value is -1.85. The van der Waals surface area contributed by atoms with Gasteiger partial charge >= 0.3 is 11.9 Å². The molecule has 0 aromatic carbocycles. The molecule has 0 aliphatic heterocycles. The first-order chi connectivity index (χ1) is 6.04. The summed E-state index contributed by atoms with van der Waals surface area (Å²) in [5, 5.41) is 15.6. The van der Waals surface area contributed by atoms with Crippen molar-refractivity contribution in [2.75, 3.05) is 6.61 Å². The Morgan fingerprint density at radius 1 is 1.23 bits per heavy atom. The number of hydrogen-bond acceptors (Lipinski definition) is 4. The van der Waals surface area contributed by atoms with E-state index in [9.17, 15) is 14.4 Å². The highest BCUT2D eigenvalue weighted by Gasteiger charge is 1.88. The van der Waals surface area contributed by atoms with E-state index in [1.807, 2.05) is 0 Å². The van der Waals surface area contributed by atoms with Crippen molar-refractivity contribution in [3.8, 4) is 0 Å². The molecule has 0 radical (unpaired) electrons. The van der Waals surface area contributed by atoms with E-state index in [2.05, 4.69) is 4.74 Å². The SMILES string of the molecule is CCOC=O.O=C(O)/C=C/C(=O)O. The smallest absolute Gasteiger partial charge is 0.328 e. The van der Waals surface area contributed by atoms with Gasteiger partial charge in [-0.05, 0) is 6.92 Å². The van der Waals surface area contributed by atoms with Crippen molar-refractivity contribution in [3.63, 3.8) is 0 Å². The molecule has 2 N–H and O–H groups in total. The molecule has 0 rings (SSSR count). The Bertz CT molecular complexity index is 179. The topological polar surface area (TPSA) is 101 Å². The van der Waals surface area contributed by atoms with Gasteiger partial charge in [-0.25, -0.2) is 9.59 Å². The molecular weight excluding hydrogens is 180 g/mol. The van der Waals surface area contributed by atoms with Gasteiger partial charge in [-0.1, -0.05) is 0 Å². The predicted octanol–water partition coefficient (Wildman–Crippen LogP) is -0.109. The maximum Gasteiger partial charge on any atom is 0.328 e. The molecule has 0 aliphatic carbocycles. The summed E-state index contributed by atoms with van der Waals surface area (Å²) in [6.07, 6.45) is 1.12. The number of hydrogen-bond donors (Lipinski definition) is 2. The molecule has 0 amide bonds. The Labute approximate surface area is 74.4 Å². The number of rotatable bonds is 4. The minimum Gasteiger partial charge on any atom is -0.478 e. The van der Waals surface area contributed by atoms with E-state index >= 15 is 0 Å². The summed E-state index contributed by atoms with van der Waals surface area (Å²) >= 11 is 0. The molecule has 0 heterocycles. The van der Waals surface area contributed by atoms with Crippen molar-refractivity contribution in [1.82, 2.24) is 0 Å². The van der Waals surface area contributed by atoms with E-state index in [0.29, 0.717) is 25.2 Å². The van der Waals surface area contributed by atoms with Gasteiger partial charge < -0.3 is 14.9 Å². The Morgan fingerprint density at radius 2 is 1.62 bits per heavy atom. The van der Waals surface area contributed by atoms with Crippen molar-refractivity contribution in [1.29, 1.82) is 0 Å². The maximum atomic E-state index is 9.55. The molecule has 0 atom stereocenters. The lowest BCUT2D eigenvalue weighted by Crippen LogP contribution is -1.91. The van der Waals surface area contributed by atoms with E-state index in [4.69, 9.17) is 10.2 Å². The lowest BCUT2D eigenvalue weighted by molar-refractivity contribution is -0.134. The number of aliphatic carboxylic acids is 2. The fourth-order valence-corrected chi connectivity index (χ4v) is 0.211. The van der Waals surface area contributed by atoms with Gasteiger partial charge in [0.15, 0.2) is 0 Å². The zero-order chi connectivity index (χ0) is 10.7. The molecular formula is C7H10O6. The zero-order valence-electron chi connectivity index (χ0n) is 6.97. The van der Waals surface area contributed by atoms with Gasteiger partial charge in [0.1, 0.15) is 0 Å². The fourth-order valence-electron chi connectivity index (χ4n) is 0.211. The summed E-state index contributed by atoms with van der Waals surface area (Å²) in [5.41, 5.74) is 0. The highest BCUT2D eigenvalue weighted by molar-refractivity contribution is 5.89. The highest BCUT2D eigenvalue weighted by Crippen LogP contribution is 1.70. The minimum atomic E-state index is -1.26. The zero-order valence-corrected chi connectivity index (χ0v) is 6.97. The Morgan fingerprint density at radius 3 is 1.69 bits per heavy atom. The molecule has 0 aromatic heterocycles. The molecule has 0 aliphatic rings. The lowest BCUT2D eigenvalue weighted by atomic mass is 10.5. The first-order valence-electron chi connectivity index (χ1n) is 3.23. The summed E-state index contributed by atoms with van der Waals surface area (Å²) < 4.78 is 4.15. The van der Waals surface area contributed by atoms with Crippen molar-refractivity contribution in [2.24, 2.45) is 0 Å². The number of ether oxygens (including phenoxy) is 1. The largest absolute Gasteiger partial charge is 0.478 e. The average Bonchev–Trinajstić information content (AvgIpc) is 2.03. The van der Waals surface area contributed by atoms with E-state index in [-0.39, 0.29) is 0 Å². The van der Waals surface area contributed by atoms with Gasteiger partial charge in [0.25, 0.3) is 6.47 Å². The summed E-state index contributed by atoms with van der Waals surface area (Å²) in [4.78, 5) is 28.3. The molecule has 74 valence electrons. The van der Waals surface area contributed by atoms with Crippen molar-refractivity contribution in [2.45, 2.75) is 6.92 Å². The third-order valence-electron chi connectivity index (χ3n) is 0.603. The number of carboxylic acids is 2. The van der Waals surface area contributed by atoms with Crippen molar-refractivity contribution in [3.05, 3.63) is 12.2 Å². The number of carbonyl (C=O) groups is 3. The van der Waals surface area contributed by atoms with Crippen LogP contribution in [0.25, 0.3) is 0 Å². The lowest BCUT2D eigenvalue weighted by Gasteiger charge is -1.79. The standard InChI is InChI=1S/C4H4O4.C3H6O2/c5-3(6)1-2-4(7)8;1-2-5-3-4/h1-2H,(H,5,6)(H,7,8);3H,2H2,1H3/b2-1+;. The quantitative estimate of drug-likeness (QED) is 0.473. The highest BCUT2D eigenvalue weighted by atomic mass is 16.5. The maximum absolute atomic E-state index is 9.55. The van der Waals surface area contributed by atoms with Crippen LogP contribution in [0, 0.1) is 0 Å². The van der Waals surface area contributed by atoms with E-state index in [1.54, 1.807) is 6.92 Å². The molecule has 0 unspecified atom stereocenters. The average molecular weight is 190 g/mol. The van der Waals surface area contributed by atoms with Crippen LogP contribution in [-0.2, 0) is 19.1 Å². The third kappa shape index (κ3) is 25.4.